The fraction of sp³-hybridized carbons (Fsp3) is 0.643. The van der Waals surface area contributed by atoms with E-state index in [0.29, 0.717) is 37.6 Å². The predicted molar refractivity (Wildman–Crippen MR) is 77.1 cm³/mol. The van der Waals surface area contributed by atoms with Crippen LogP contribution in [0.15, 0.2) is 6.07 Å². The van der Waals surface area contributed by atoms with Crippen molar-refractivity contribution in [1.82, 2.24) is 24.5 Å². The number of halogens is 3. The molecule has 2 rings (SSSR count). The molecule has 0 aliphatic rings. The lowest BCUT2D eigenvalue weighted by Gasteiger charge is -2.09. The van der Waals surface area contributed by atoms with Crippen molar-refractivity contribution in [2.45, 2.75) is 46.0 Å². The minimum Gasteiger partial charge on any atom is -0.384 e. The molecule has 0 amide bonds. The minimum absolute atomic E-state index is 0.306. The number of ether oxygens (including phenoxy) is 1. The summed E-state index contributed by atoms with van der Waals surface area (Å²) in [5.41, 5.74) is 1.84. The number of hydrogen-bond acceptors (Lipinski definition) is 4. The first-order valence-corrected chi connectivity index (χ1v) is 7.28. The van der Waals surface area contributed by atoms with Crippen LogP contribution in [-0.2, 0) is 30.7 Å². The van der Waals surface area contributed by atoms with Crippen LogP contribution in [0.2, 0.25) is 0 Å². The smallest absolute Gasteiger partial charge is 0.384 e. The van der Waals surface area contributed by atoms with Crippen LogP contribution in [0, 0.1) is 13.8 Å². The number of rotatable bonds is 7. The zero-order chi connectivity index (χ0) is 17.0. The van der Waals surface area contributed by atoms with Crippen molar-refractivity contribution < 1.29 is 17.9 Å². The van der Waals surface area contributed by atoms with Crippen LogP contribution in [0.25, 0.3) is 0 Å². The Morgan fingerprint density at radius 2 is 1.87 bits per heavy atom. The Kier molecular flexibility index (Phi) is 5.40. The second-order valence-corrected chi connectivity index (χ2v) is 5.36. The van der Waals surface area contributed by atoms with E-state index in [1.165, 1.54) is 7.11 Å². The van der Waals surface area contributed by atoms with Crippen LogP contribution < -0.4 is 0 Å². The quantitative estimate of drug-likeness (QED) is 0.779. The summed E-state index contributed by atoms with van der Waals surface area (Å²) < 4.78 is 45.7. The van der Waals surface area contributed by atoms with Crippen molar-refractivity contribution in [3.63, 3.8) is 0 Å². The van der Waals surface area contributed by atoms with Gasteiger partial charge in [0.15, 0.2) is 5.82 Å². The molecule has 6 nitrogen and oxygen atoms in total. The maximum absolute atomic E-state index is 12.7. The maximum atomic E-state index is 12.7. The lowest BCUT2D eigenvalue weighted by molar-refractivity contribution is -0.143. The van der Waals surface area contributed by atoms with E-state index in [1.54, 1.807) is 4.68 Å². The monoisotopic (exact) mass is 331 g/mol. The summed E-state index contributed by atoms with van der Waals surface area (Å²) in [6.07, 6.45) is -3.62. The number of aromatic nitrogens is 5. The van der Waals surface area contributed by atoms with Crippen LogP contribution in [0.1, 0.15) is 23.0 Å². The zero-order valence-corrected chi connectivity index (χ0v) is 13.4. The summed E-state index contributed by atoms with van der Waals surface area (Å²) in [6.45, 7) is 3.47. The van der Waals surface area contributed by atoms with Gasteiger partial charge in [0.2, 0.25) is 0 Å². The Morgan fingerprint density at radius 1 is 1.13 bits per heavy atom. The summed E-state index contributed by atoms with van der Waals surface area (Å²) in [7, 11) is 1.52. The third kappa shape index (κ3) is 5.05. The lowest BCUT2D eigenvalue weighted by Crippen LogP contribution is -2.21. The first-order valence-electron chi connectivity index (χ1n) is 7.28. The molecule has 0 N–H and O–H groups in total. The number of hydrogen-bond donors (Lipinski definition) is 0. The van der Waals surface area contributed by atoms with Gasteiger partial charge in [-0.1, -0.05) is 0 Å². The fourth-order valence-corrected chi connectivity index (χ4v) is 2.31. The van der Waals surface area contributed by atoms with E-state index in [9.17, 15) is 13.2 Å². The highest BCUT2D eigenvalue weighted by Crippen LogP contribution is 2.18. The fourth-order valence-electron chi connectivity index (χ4n) is 2.31. The second-order valence-electron chi connectivity index (χ2n) is 5.36. The zero-order valence-electron chi connectivity index (χ0n) is 13.4. The number of methoxy groups -OCH3 is 1. The Morgan fingerprint density at radius 3 is 2.43 bits per heavy atom. The Hall–Kier alpha value is -1.90. The summed E-state index contributed by atoms with van der Waals surface area (Å²) in [5.74, 6) is 0.667. The Balaban J connectivity index is 2.14. The van der Waals surface area contributed by atoms with Crippen LogP contribution in [0.5, 0.6) is 0 Å². The minimum atomic E-state index is -4.33. The Labute approximate surface area is 132 Å². The Bertz CT molecular complexity index is 647. The van der Waals surface area contributed by atoms with E-state index in [0.717, 1.165) is 16.1 Å². The van der Waals surface area contributed by atoms with Gasteiger partial charge in [-0.3, -0.25) is 4.68 Å². The molecule has 0 fully saturated rings. The molecule has 0 spiro atoms. The molecule has 0 saturated heterocycles. The van der Waals surface area contributed by atoms with Gasteiger partial charge in [0.1, 0.15) is 12.4 Å². The average molecular weight is 331 g/mol. The van der Waals surface area contributed by atoms with Crippen molar-refractivity contribution in [3.05, 3.63) is 29.1 Å². The maximum Gasteiger partial charge on any atom is 0.408 e. The largest absolute Gasteiger partial charge is 0.408 e. The highest BCUT2D eigenvalue weighted by molar-refractivity contribution is 5.07. The second kappa shape index (κ2) is 7.12. The molecule has 2 aromatic heterocycles. The normalized spacial score (nSPS) is 12.1. The highest BCUT2D eigenvalue weighted by Gasteiger charge is 2.30. The van der Waals surface area contributed by atoms with Gasteiger partial charge in [0, 0.05) is 32.2 Å². The lowest BCUT2D eigenvalue weighted by atomic mass is 10.3. The molecule has 0 bridgehead atoms. The molecule has 2 aromatic rings. The third-order valence-electron chi connectivity index (χ3n) is 3.30. The first-order chi connectivity index (χ1) is 10.8. The highest BCUT2D eigenvalue weighted by atomic mass is 19.4. The number of alkyl halides is 3. The van der Waals surface area contributed by atoms with E-state index in [4.69, 9.17) is 4.74 Å². The first kappa shape index (κ1) is 17.5. The van der Waals surface area contributed by atoms with E-state index < -0.39 is 12.7 Å². The molecule has 0 radical (unpaired) electrons. The van der Waals surface area contributed by atoms with Gasteiger partial charge < -0.3 is 4.74 Å². The molecule has 9 heteroatoms. The van der Waals surface area contributed by atoms with E-state index in [2.05, 4.69) is 15.2 Å². The van der Waals surface area contributed by atoms with Crippen molar-refractivity contribution in [2.24, 2.45) is 0 Å². The van der Waals surface area contributed by atoms with Gasteiger partial charge in [-0.05, 0) is 19.9 Å². The molecule has 0 aliphatic carbocycles. The van der Waals surface area contributed by atoms with Crippen LogP contribution in [0.3, 0.4) is 0 Å². The molecule has 0 aromatic carbocycles. The summed E-state index contributed by atoms with van der Waals surface area (Å²) in [4.78, 5) is 4.21. The number of nitrogens with zero attached hydrogens (tertiary/aromatic N) is 5. The van der Waals surface area contributed by atoms with Crippen molar-refractivity contribution in [3.8, 4) is 0 Å². The molecule has 128 valence electrons. The van der Waals surface area contributed by atoms with Crippen LogP contribution >= 0.6 is 0 Å². The van der Waals surface area contributed by atoms with Crippen molar-refractivity contribution >= 4 is 0 Å². The standard InChI is InChI=1S/C14H20F3N5O/c1-10-8-11(2)21(19-10)6-4-13-18-12(5-7-23-3)20-22(13)9-14(15,16)17/h8H,4-7,9H2,1-3H3. The molecular formula is C14H20F3N5O. The van der Waals surface area contributed by atoms with Crippen LogP contribution in [0.4, 0.5) is 13.2 Å². The molecule has 0 aliphatic heterocycles. The van der Waals surface area contributed by atoms with Gasteiger partial charge in [-0.2, -0.15) is 23.4 Å². The van der Waals surface area contributed by atoms with E-state index in [-0.39, 0.29) is 0 Å². The van der Waals surface area contributed by atoms with Gasteiger partial charge in [-0.25, -0.2) is 9.67 Å². The van der Waals surface area contributed by atoms with Gasteiger partial charge in [0.25, 0.3) is 0 Å². The number of aryl methyl sites for hydroxylation is 4. The molecule has 2 heterocycles. The molecule has 0 saturated carbocycles. The average Bonchev–Trinajstić information content (AvgIpc) is 2.95. The van der Waals surface area contributed by atoms with Crippen LogP contribution in [-0.4, -0.2) is 44.4 Å². The summed E-state index contributed by atoms with van der Waals surface area (Å²) in [5, 5.41) is 8.25. The van der Waals surface area contributed by atoms with E-state index in [1.807, 2.05) is 19.9 Å². The molecule has 23 heavy (non-hydrogen) atoms. The molecule has 0 atom stereocenters. The van der Waals surface area contributed by atoms with Gasteiger partial charge >= 0.3 is 6.18 Å². The predicted octanol–water partition coefficient (Wildman–Crippen LogP) is 2.09. The van der Waals surface area contributed by atoms with E-state index >= 15 is 0 Å². The molecular weight excluding hydrogens is 311 g/mol. The topological polar surface area (TPSA) is 57.8 Å². The van der Waals surface area contributed by atoms with Gasteiger partial charge in [-0.15, -0.1) is 0 Å². The van der Waals surface area contributed by atoms with Crippen molar-refractivity contribution in [1.29, 1.82) is 0 Å². The summed E-state index contributed by atoms with van der Waals surface area (Å²) >= 11 is 0. The van der Waals surface area contributed by atoms with Crippen molar-refractivity contribution in [2.75, 3.05) is 13.7 Å². The summed E-state index contributed by atoms with van der Waals surface area (Å²) in [6, 6.07) is 1.92. The SMILES string of the molecule is COCCc1nc(CCn2nc(C)cc2C)n(CC(F)(F)F)n1. The molecule has 0 unspecified atom stereocenters. The van der Waals surface area contributed by atoms with Gasteiger partial charge in [0.05, 0.1) is 12.3 Å². The third-order valence-corrected chi connectivity index (χ3v) is 3.30.